The Morgan fingerprint density at radius 1 is 0.857 bits per heavy atom. The van der Waals surface area contributed by atoms with Crippen LogP contribution >= 0.6 is 0 Å². The maximum atomic E-state index is 6.16. The zero-order chi connectivity index (χ0) is 20.4. The summed E-state index contributed by atoms with van der Waals surface area (Å²) < 4.78 is 12.3. The van der Waals surface area contributed by atoms with Crippen LogP contribution in [0.15, 0.2) is 42.5 Å². The molecule has 0 aliphatic heterocycles. The van der Waals surface area contributed by atoms with Crippen LogP contribution in [0.2, 0.25) is 0 Å². The summed E-state index contributed by atoms with van der Waals surface area (Å²) in [5.41, 5.74) is 9.71. The summed E-state index contributed by atoms with van der Waals surface area (Å²) in [6.45, 7) is 10.8. The maximum Gasteiger partial charge on any atom is 0.126 e. The van der Waals surface area contributed by atoms with Crippen LogP contribution < -0.4 is 15.2 Å². The SMILES string of the molecule is CCc1cc(CC)c(OCc2ccccc2)cc1OCCCCC(C)(C)CN. The highest BCUT2D eigenvalue weighted by molar-refractivity contribution is 5.47. The lowest BCUT2D eigenvalue weighted by Gasteiger charge is -2.22. The average Bonchev–Trinajstić information content (AvgIpc) is 2.72. The van der Waals surface area contributed by atoms with Crippen molar-refractivity contribution in [3.63, 3.8) is 0 Å². The van der Waals surface area contributed by atoms with Gasteiger partial charge in [0.25, 0.3) is 0 Å². The molecule has 0 aliphatic carbocycles. The molecule has 0 radical (unpaired) electrons. The van der Waals surface area contributed by atoms with Crippen LogP contribution in [0.4, 0.5) is 0 Å². The second kappa shape index (κ2) is 11.1. The number of hydrogen-bond donors (Lipinski definition) is 1. The van der Waals surface area contributed by atoms with E-state index in [0.29, 0.717) is 6.61 Å². The van der Waals surface area contributed by atoms with Gasteiger partial charge in [-0.05, 0) is 66.8 Å². The molecule has 2 rings (SSSR count). The topological polar surface area (TPSA) is 44.5 Å². The molecule has 0 fully saturated rings. The first-order valence-corrected chi connectivity index (χ1v) is 10.6. The summed E-state index contributed by atoms with van der Waals surface area (Å²) >= 11 is 0. The molecule has 0 aliphatic rings. The van der Waals surface area contributed by atoms with Crippen molar-refractivity contribution < 1.29 is 9.47 Å². The first-order valence-electron chi connectivity index (χ1n) is 10.6. The molecule has 28 heavy (non-hydrogen) atoms. The molecule has 0 spiro atoms. The van der Waals surface area contributed by atoms with E-state index in [1.165, 1.54) is 16.7 Å². The van der Waals surface area contributed by atoms with Crippen LogP contribution in [-0.2, 0) is 19.4 Å². The third-order valence-electron chi connectivity index (χ3n) is 5.30. The summed E-state index contributed by atoms with van der Waals surface area (Å²) in [5, 5.41) is 0. The van der Waals surface area contributed by atoms with Gasteiger partial charge in [-0.3, -0.25) is 0 Å². The minimum absolute atomic E-state index is 0.218. The Balaban J connectivity index is 2.00. The number of benzene rings is 2. The van der Waals surface area contributed by atoms with Gasteiger partial charge in [-0.15, -0.1) is 0 Å². The normalized spacial score (nSPS) is 11.5. The van der Waals surface area contributed by atoms with Gasteiger partial charge in [0.2, 0.25) is 0 Å². The van der Waals surface area contributed by atoms with Gasteiger partial charge in [-0.25, -0.2) is 0 Å². The Bertz CT molecular complexity index is 710. The van der Waals surface area contributed by atoms with E-state index >= 15 is 0 Å². The van der Waals surface area contributed by atoms with E-state index in [1.807, 2.05) is 18.2 Å². The van der Waals surface area contributed by atoms with Crippen LogP contribution in [0.1, 0.15) is 63.6 Å². The van der Waals surface area contributed by atoms with Crippen molar-refractivity contribution in [2.75, 3.05) is 13.2 Å². The van der Waals surface area contributed by atoms with Gasteiger partial charge in [0, 0.05) is 6.07 Å². The minimum Gasteiger partial charge on any atom is -0.493 e. The third-order valence-corrected chi connectivity index (χ3v) is 5.30. The Morgan fingerprint density at radius 2 is 1.50 bits per heavy atom. The zero-order valence-corrected chi connectivity index (χ0v) is 18.1. The lowest BCUT2D eigenvalue weighted by atomic mass is 9.87. The van der Waals surface area contributed by atoms with Crippen LogP contribution in [0.3, 0.4) is 0 Å². The van der Waals surface area contributed by atoms with E-state index in [-0.39, 0.29) is 5.41 Å². The number of rotatable bonds is 12. The van der Waals surface area contributed by atoms with Gasteiger partial charge in [-0.2, -0.15) is 0 Å². The molecule has 0 amide bonds. The fourth-order valence-corrected chi connectivity index (χ4v) is 3.20. The van der Waals surface area contributed by atoms with Gasteiger partial charge >= 0.3 is 0 Å². The fraction of sp³-hybridized carbons (Fsp3) is 0.520. The predicted molar refractivity (Wildman–Crippen MR) is 118 cm³/mol. The molecule has 0 saturated carbocycles. The Kier molecular flexibility index (Phi) is 8.85. The van der Waals surface area contributed by atoms with E-state index in [9.17, 15) is 0 Å². The smallest absolute Gasteiger partial charge is 0.126 e. The molecule has 3 nitrogen and oxygen atoms in total. The molecule has 0 aromatic heterocycles. The summed E-state index contributed by atoms with van der Waals surface area (Å²) in [6.07, 6.45) is 5.22. The van der Waals surface area contributed by atoms with Gasteiger partial charge in [0.1, 0.15) is 18.1 Å². The summed E-state index contributed by atoms with van der Waals surface area (Å²) in [7, 11) is 0. The zero-order valence-electron chi connectivity index (χ0n) is 18.1. The fourth-order valence-electron chi connectivity index (χ4n) is 3.20. The molecular formula is C25H37NO2. The first kappa shape index (κ1) is 22.3. The van der Waals surface area contributed by atoms with E-state index in [0.717, 1.165) is 56.8 Å². The van der Waals surface area contributed by atoms with Gasteiger partial charge in [0.15, 0.2) is 0 Å². The molecular weight excluding hydrogens is 346 g/mol. The molecule has 154 valence electrons. The molecule has 2 N–H and O–H groups in total. The average molecular weight is 384 g/mol. The number of hydrogen-bond acceptors (Lipinski definition) is 3. The highest BCUT2D eigenvalue weighted by atomic mass is 16.5. The van der Waals surface area contributed by atoms with Crippen molar-refractivity contribution in [1.82, 2.24) is 0 Å². The van der Waals surface area contributed by atoms with Crippen LogP contribution in [0.25, 0.3) is 0 Å². The van der Waals surface area contributed by atoms with Crippen LogP contribution in [-0.4, -0.2) is 13.2 Å². The van der Waals surface area contributed by atoms with Crippen molar-refractivity contribution in [3.05, 3.63) is 59.2 Å². The van der Waals surface area contributed by atoms with E-state index in [2.05, 4.69) is 52.0 Å². The molecule has 0 bridgehead atoms. The van der Waals surface area contributed by atoms with Crippen molar-refractivity contribution in [2.45, 2.75) is 66.4 Å². The highest BCUT2D eigenvalue weighted by Crippen LogP contribution is 2.31. The Hall–Kier alpha value is -2.00. The quantitative estimate of drug-likeness (QED) is 0.462. The lowest BCUT2D eigenvalue weighted by Crippen LogP contribution is -2.23. The second-order valence-corrected chi connectivity index (χ2v) is 8.22. The van der Waals surface area contributed by atoms with Crippen molar-refractivity contribution in [1.29, 1.82) is 0 Å². The minimum atomic E-state index is 0.218. The van der Waals surface area contributed by atoms with Gasteiger partial charge < -0.3 is 15.2 Å². The lowest BCUT2D eigenvalue weighted by molar-refractivity contribution is 0.272. The molecule has 0 unspecified atom stereocenters. The van der Waals surface area contributed by atoms with E-state index in [1.54, 1.807) is 0 Å². The number of ether oxygens (including phenoxy) is 2. The number of aryl methyl sites for hydroxylation is 2. The van der Waals surface area contributed by atoms with E-state index < -0.39 is 0 Å². The Labute approximate surface area is 171 Å². The summed E-state index contributed by atoms with van der Waals surface area (Å²) in [6, 6.07) is 14.6. The second-order valence-electron chi connectivity index (χ2n) is 8.22. The predicted octanol–water partition coefficient (Wildman–Crippen LogP) is 5.92. The standard InChI is InChI=1S/C25H37NO2/c1-5-21-16-22(6-2)24(28-18-20-12-8-7-9-13-20)17-23(21)27-15-11-10-14-25(3,4)19-26/h7-9,12-13,16-17H,5-6,10-11,14-15,18-19,26H2,1-4H3. The highest BCUT2D eigenvalue weighted by Gasteiger charge is 2.15. The van der Waals surface area contributed by atoms with Crippen molar-refractivity contribution >= 4 is 0 Å². The number of unbranched alkanes of at least 4 members (excludes halogenated alkanes) is 1. The monoisotopic (exact) mass is 383 g/mol. The maximum absolute atomic E-state index is 6.16. The molecule has 2 aromatic rings. The van der Waals surface area contributed by atoms with Crippen molar-refractivity contribution in [2.24, 2.45) is 11.1 Å². The first-order chi connectivity index (χ1) is 13.5. The largest absolute Gasteiger partial charge is 0.493 e. The summed E-state index contributed by atoms with van der Waals surface area (Å²) in [4.78, 5) is 0. The van der Waals surface area contributed by atoms with E-state index in [4.69, 9.17) is 15.2 Å². The van der Waals surface area contributed by atoms with Crippen LogP contribution in [0.5, 0.6) is 11.5 Å². The molecule has 0 saturated heterocycles. The molecule has 0 atom stereocenters. The Morgan fingerprint density at radius 3 is 2.11 bits per heavy atom. The molecule has 0 heterocycles. The van der Waals surface area contributed by atoms with Gasteiger partial charge in [-0.1, -0.05) is 58.0 Å². The van der Waals surface area contributed by atoms with Crippen molar-refractivity contribution in [3.8, 4) is 11.5 Å². The molecule has 2 aromatic carbocycles. The summed E-state index contributed by atoms with van der Waals surface area (Å²) in [5.74, 6) is 1.89. The number of nitrogens with two attached hydrogens (primary N) is 1. The van der Waals surface area contributed by atoms with Gasteiger partial charge in [0.05, 0.1) is 6.61 Å². The third kappa shape index (κ3) is 6.87. The molecule has 3 heteroatoms. The van der Waals surface area contributed by atoms with Crippen LogP contribution in [0, 0.1) is 5.41 Å².